The minimum Gasteiger partial charge on any atom is -0.323 e. The third-order valence-corrected chi connectivity index (χ3v) is 4.89. The summed E-state index contributed by atoms with van der Waals surface area (Å²) < 4.78 is 0. The summed E-state index contributed by atoms with van der Waals surface area (Å²) in [5.74, 6) is 0.566. The van der Waals surface area contributed by atoms with E-state index in [1.54, 1.807) is 11.3 Å². The van der Waals surface area contributed by atoms with Crippen LogP contribution in [0, 0.1) is 0 Å². The van der Waals surface area contributed by atoms with Crippen molar-refractivity contribution >= 4 is 22.9 Å². The Morgan fingerprint density at radius 3 is 2.41 bits per heavy atom. The molecule has 2 aromatic rings. The molecule has 0 aliphatic carbocycles. The van der Waals surface area contributed by atoms with Gasteiger partial charge in [0.15, 0.2) is 6.04 Å². The number of quaternary nitrogens is 1. The molecule has 0 radical (unpaired) electrons. The van der Waals surface area contributed by atoms with Crippen LogP contribution in [0.1, 0.15) is 37.1 Å². The van der Waals surface area contributed by atoms with Crippen molar-refractivity contribution in [3.63, 3.8) is 0 Å². The van der Waals surface area contributed by atoms with Crippen LogP contribution in [-0.2, 0) is 11.3 Å². The molecule has 4 heteroatoms. The first-order chi connectivity index (χ1) is 10.5. The monoisotopic (exact) mass is 317 g/mol. The van der Waals surface area contributed by atoms with Crippen molar-refractivity contribution in [1.29, 1.82) is 0 Å². The second kappa shape index (κ2) is 7.56. The maximum absolute atomic E-state index is 12.4. The summed E-state index contributed by atoms with van der Waals surface area (Å²) in [4.78, 5) is 14.9. The molecule has 0 saturated heterocycles. The predicted octanol–water partition coefficient (Wildman–Crippen LogP) is 2.91. The molecule has 1 heterocycles. The van der Waals surface area contributed by atoms with Crippen LogP contribution in [-0.4, -0.2) is 19.0 Å². The first-order valence-corrected chi connectivity index (χ1v) is 8.61. The smallest absolute Gasteiger partial charge is 0.282 e. The fourth-order valence-electron chi connectivity index (χ4n) is 2.27. The van der Waals surface area contributed by atoms with Gasteiger partial charge in [0.05, 0.1) is 11.9 Å². The highest BCUT2D eigenvalue weighted by Gasteiger charge is 2.22. The minimum absolute atomic E-state index is 0.0614. The highest BCUT2D eigenvalue weighted by Crippen LogP contribution is 2.17. The zero-order chi connectivity index (χ0) is 16.1. The average Bonchev–Trinajstić information content (AvgIpc) is 2.99. The summed E-state index contributed by atoms with van der Waals surface area (Å²) in [6, 6.07) is 12.2. The van der Waals surface area contributed by atoms with Crippen LogP contribution in [0.5, 0.6) is 0 Å². The van der Waals surface area contributed by atoms with E-state index in [-0.39, 0.29) is 11.9 Å². The number of rotatable bonds is 6. The van der Waals surface area contributed by atoms with Crippen molar-refractivity contribution in [3.8, 4) is 0 Å². The molecule has 2 atom stereocenters. The van der Waals surface area contributed by atoms with Gasteiger partial charge in [-0.15, -0.1) is 11.3 Å². The lowest BCUT2D eigenvalue weighted by Gasteiger charge is -2.20. The number of benzene rings is 1. The Morgan fingerprint density at radius 2 is 1.86 bits per heavy atom. The molecule has 118 valence electrons. The van der Waals surface area contributed by atoms with Crippen molar-refractivity contribution < 1.29 is 9.69 Å². The largest absolute Gasteiger partial charge is 0.323 e. The molecule has 1 aromatic carbocycles. The molecule has 1 aromatic heterocycles. The number of anilines is 1. The van der Waals surface area contributed by atoms with Crippen molar-refractivity contribution in [2.24, 2.45) is 0 Å². The Bertz CT molecular complexity index is 590. The quantitative estimate of drug-likeness (QED) is 0.844. The number of carbonyl (C=O) groups is 1. The Labute approximate surface area is 137 Å². The van der Waals surface area contributed by atoms with Gasteiger partial charge in [0.25, 0.3) is 5.91 Å². The second-order valence-corrected chi connectivity index (χ2v) is 7.12. The number of likely N-dealkylation sites (N-methyl/N-ethyl adjacent to an activating group) is 1. The van der Waals surface area contributed by atoms with E-state index in [1.165, 1.54) is 15.3 Å². The SMILES string of the molecule is CC(C)c1ccc(NC(=O)[C@H](C)[NH+](C)Cc2cccs2)cc1. The van der Waals surface area contributed by atoms with Crippen LogP contribution >= 0.6 is 11.3 Å². The average molecular weight is 317 g/mol. The van der Waals surface area contributed by atoms with Crippen LogP contribution in [0.3, 0.4) is 0 Å². The summed E-state index contributed by atoms with van der Waals surface area (Å²) >= 11 is 1.74. The van der Waals surface area contributed by atoms with Gasteiger partial charge in [-0.05, 0) is 42.0 Å². The van der Waals surface area contributed by atoms with Crippen molar-refractivity contribution in [2.75, 3.05) is 12.4 Å². The summed E-state index contributed by atoms with van der Waals surface area (Å²) in [7, 11) is 2.06. The van der Waals surface area contributed by atoms with Gasteiger partial charge in [-0.1, -0.05) is 32.0 Å². The molecule has 3 nitrogen and oxygen atoms in total. The number of thiophene rings is 1. The highest BCUT2D eigenvalue weighted by molar-refractivity contribution is 7.09. The molecule has 1 unspecified atom stereocenters. The van der Waals surface area contributed by atoms with Crippen LogP contribution < -0.4 is 10.2 Å². The first-order valence-electron chi connectivity index (χ1n) is 7.73. The van der Waals surface area contributed by atoms with E-state index in [9.17, 15) is 4.79 Å². The zero-order valence-corrected chi connectivity index (χ0v) is 14.5. The molecule has 0 fully saturated rings. The predicted molar refractivity (Wildman–Crippen MR) is 93.5 cm³/mol. The number of hydrogen-bond donors (Lipinski definition) is 2. The Morgan fingerprint density at radius 1 is 1.18 bits per heavy atom. The highest BCUT2D eigenvalue weighted by atomic mass is 32.1. The molecule has 0 spiro atoms. The van der Waals surface area contributed by atoms with E-state index in [0.717, 1.165) is 12.2 Å². The first kappa shape index (κ1) is 16.7. The molecule has 0 bridgehead atoms. The summed E-state index contributed by atoms with van der Waals surface area (Å²) in [5, 5.41) is 5.09. The maximum Gasteiger partial charge on any atom is 0.282 e. The number of carbonyl (C=O) groups excluding carboxylic acids is 1. The van der Waals surface area contributed by atoms with Crippen LogP contribution in [0.4, 0.5) is 5.69 Å². The van der Waals surface area contributed by atoms with Crippen molar-refractivity contribution in [1.82, 2.24) is 0 Å². The standard InChI is InChI=1S/C18H24N2OS/c1-13(2)15-7-9-16(10-8-15)19-18(21)14(3)20(4)12-17-6-5-11-22-17/h5-11,13-14H,12H2,1-4H3,(H,19,21)/p+1/t14-/m0/s1. The van der Waals surface area contributed by atoms with E-state index < -0.39 is 0 Å². The summed E-state index contributed by atoms with van der Waals surface area (Å²) in [6.45, 7) is 7.18. The lowest BCUT2D eigenvalue weighted by atomic mass is 10.0. The normalized spacial score (nSPS) is 13.9. The molecule has 0 saturated carbocycles. The molecule has 0 aliphatic heterocycles. The molecular formula is C18H25N2OS+. The van der Waals surface area contributed by atoms with Crippen LogP contribution in [0.2, 0.25) is 0 Å². The lowest BCUT2D eigenvalue weighted by molar-refractivity contribution is -0.907. The van der Waals surface area contributed by atoms with E-state index in [4.69, 9.17) is 0 Å². The lowest BCUT2D eigenvalue weighted by Crippen LogP contribution is -3.12. The Hall–Kier alpha value is -1.65. The molecule has 2 rings (SSSR count). The van der Waals surface area contributed by atoms with Crippen LogP contribution in [0.25, 0.3) is 0 Å². The third kappa shape index (κ3) is 4.42. The van der Waals surface area contributed by atoms with Gasteiger partial charge in [0.1, 0.15) is 6.54 Å². The van der Waals surface area contributed by atoms with E-state index >= 15 is 0 Å². The summed E-state index contributed by atoms with van der Waals surface area (Å²) in [6.07, 6.45) is 0. The second-order valence-electron chi connectivity index (χ2n) is 6.09. The molecular weight excluding hydrogens is 292 g/mol. The van der Waals surface area contributed by atoms with Crippen molar-refractivity contribution in [3.05, 3.63) is 52.2 Å². The molecule has 22 heavy (non-hydrogen) atoms. The van der Waals surface area contributed by atoms with Gasteiger partial charge in [-0.3, -0.25) is 4.79 Å². The number of hydrogen-bond acceptors (Lipinski definition) is 2. The van der Waals surface area contributed by atoms with E-state index in [2.05, 4.69) is 49.8 Å². The van der Waals surface area contributed by atoms with Gasteiger partial charge in [0, 0.05) is 5.69 Å². The number of nitrogens with one attached hydrogen (secondary N) is 2. The molecule has 0 aliphatic rings. The van der Waals surface area contributed by atoms with Crippen LogP contribution in [0.15, 0.2) is 41.8 Å². The molecule has 2 N–H and O–H groups in total. The van der Waals surface area contributed by atoms with Crippen molar-refractivity contribution in [2.45, 2.75) is 39.3 Å². The Balaban J connectivity index is 1.92. The fourth-order valence-corrected chi connectivity index (χ4v) is 3.07. The maximum atomic E-state index is 12.4. The van der Waals surface area contributed by atoms with E-state index in [1.807, 2.05) is 25.1 Å². The minimum atomic E-state index is -0.0909. The van der Waals surface area contributed by atoms with Gasteiger partial charge in [0.2, 0.25) is 0 Å². The van der Waals surface area contributed by atoms with Gasteiger partial charge in [-0.25, -0.2) is 0 Å². The molecule has 1 amide bonds. The van der Waals surface area contributed by atoms with Gasteiger partial charge in [-0.2, -0.15) is 0 Å². The number of amides is 1. The third-order valence-electron chi connectivity index (χ3n) is 4.01. The topological polar surface area (TPSA) is 33.5 Å². The van der Waals surface area contributed by atoms with Gasteiger partial charge >= 0.3 is 0 Å². The van der Waals surface area contributed by atoms with E-state index in [0.29, 0.717) is 5.92 Å². The fraction of sp³-hybridized carbons (Fsp3) is 0.389. The summed E-state index contributed by atoms with van der Waals surface area (Å²) in [5.41, 5.74) is 2.15. The zero-order valence-electron chi connectivity index (χ0n) is 13.7. The Kier molecular flexibility index (Phi) is 5.75. The van der Waals surface area contributed by atoms with Gasteiger partial charge < -0.3 is 10.2 Å².